The fraction of sp³-hybridized carbons (Fsp3) is 0.925. The van der Waals surface area contributed by atoms with Crippen LogP contribution in [0.3, 0.4) is 0 Å². The van der Waals surface area contributed by atoms with Crippen LogP contribution in [0, 0.1) is 0 Å². The lowest BCUT2D eigenvalue weighted by Gasteiger charge is -2.23. The fourth-order valence-electron chi connectivity index (χ4n) is 6.34. The van der Waals surface area contributed by atoms with Crippen molar-refractivity contribution in [3.63, 3.8) is 0 Å². The lowest BCUT2D eigenvalue weighted by atomic mass is 9.98. The maximum atomic E-state index is 12.3. The SMILES string of the molecule is CCCCCCCCCCCCCCCCOC(=O)OC[C@H]1OC(=O)[C@@](C)(O)[C@@H]1OC(=O)OCCCCCCCCCCCCCCCC. The second-order valence-electron chi connectivity index (χ2n) is 14.3. The molecule has 1 N–H and O–H groups in total. The van der Waals surface area contributed by atoms with Gasteiger partial charge in [0.25, 0.3) is 0 Å². The summed E-state index contributed by atoms with van der Waals surface area (Å²) in [5.41, 5.74) is -2.08. The molecule has 1 fully saturated rings. The monoisotopic (exact) mass is 699 g/mol. The summed E-state index contributed by atoms with van der Waals surface area (Å²) >= 11 is 0. The van der Waals surface area contributed by atoms with Gasteiger partial charge in [-0.1, -0.05) is 181 Å². The lowest BCUT2D eigenvalue weighted by molar-refractivity contribution is -0.155. The summed E-state index contributed by atoms with van der Waals surface area (Å²) < 4.78 is 25.8. The third-order valence-electron chi connectivity index (χ3n) is 9.59. The van der Waals surface area contributed by atoms with Crippen molar-refractivity contribution in [1.29, 1.82) is 0 Å². The Bertz CT molecular complexity index is 816. The van der Waals surface area contributed by atoms with Crippen molar-refractivity contribution < 1.29 is 43.2 Å². The number of hydrogen-bond acceptors (Lipinski definition) is 9. The van der Waals surface area contributed by atoms with Crippen LogP contribution in [0.2, 0.25) is 0 Å². The minimum absolute atomic E-state index is 0.188. The smallest absolute Gasteiger partial charge is 0.452 e. The molecule has 0 radical (unpaired) electrons. The van der Waals surface area contributed by atoms with Crippen LogP contribution < -0.4 is 0 Å². The predicted molar refractivity (Wildman–Crippen MR) is 195 cm³/mol. The predicted octanol–water partition coefficient (Wildman–Crippen LogP) is 11.3. The number of carbonyl (C=O) groups is 3. The number of unbranched alkanes of at least 4 members (excludes halogenated alkanes) is 26. The lowest BCUT2D eigenvalue weighted by Crippen LogP contribution is -2.47. The highest BCUT2D eigenvalue weighted by molar-refractivity contribution is 5.83. The maximum Gasteiger partial charge on any atom is 0.508 e. The maximum absolute atomic E-state index is 12.3. The van der Waals surface area contributed by atoms with Gasteiger partial charge in [-0.2, -0.15) is 0 Å². The van der Waals surface area contributed by atoms with Gasteiger partial charge in [0.1, 0.15) is 6.61 Å². The van der Waals surface area contributed by atoms with E-state index in [9.17, 15) is 19.5 Å². The summed E-state index contributed by atoms with van der Waals surface area (Å²) in [6, 6.07) is 0. The summed E-state index contributed by atoms with van der Waals surface area (Å²) in [6.45, 7) is 5.73. The Morgan fingerprint density at radius 2 is 0.878 bits per heavy atom. The normalized spacial score (nSPS) is 18.7. The molecule has 1 heterocycles. The van der Waals surface area contributed by atoms with Crippen molar-refractivity contribution in [1.82, 2.24) is 0 Å². The summed E-state index contributed by atoms with van der Waals surface area (Å²) in [4.78, 5) is 36.6. The average Bonchev–Trinajstić information content (AvgIpc) is 3.29. The molecule has 1 saturated heterocycles. The van der Waals surface area contributed by atoms with Crippen LogP contribution >= 0.6 is 0 Å². The van der Waals surface area contributed by atoms with E-state index in [1.54, 1.807) is 0 Å². The van der Waals surface area contributed by atoms with Crippen molar-refractivity contribution in [2.24, 2.45) is 0 Å². The highest BCUT2D eigenvalue weighted by Gasteiger charge is 2.56. The average molecular weight is 699 g/mol. The summed E-state index contributed by atoms with van der Waals surface area (Å²) in [7, 11) is 0. The van der Waals surface area contributed by atoms with Crippen LogP contribution in [0.15, 0.2) is 0 Å². The van der Waals surface area contributed by atoms with Crippen LogP contribution in [-0.2, 0) is 28.5 Å². The first-order valence-electron chi connectivity index (χ1n) is 20.4. The van der Waals surface area contributed by atoms with Gasteiger partial charge in [-0.25, -0.2) is 14.4 Å². The Hall–Kier alpha value is -2.03. The molecule has 0 spiro atoms. The number of aliphatic hydroxyl groups is 1. The number of hydrogen-bond donors (Lipinski definition) is 1. The van der Waals surface area contributed by atoms with Crippen molar-refractivity contribution in [2.45, 2.75) is 218 Å². The van der Waals surface area contributed by atoms with E-state index in [4.69, 9.17) is 23.7 Å². The number of ether oxygens (including phenoxy) is 5. The van der Waals surface area contributed by atoms with E-state index in [0.717, 1.165) is 32.1 Å². The first-order chi connectivity index (χ1) is 23.8. The first-order valence-corrected chi connectivity index (χ1v) is 20.4. The molecule has 3 atom stereocenters. The van der Waals surface area contributed by atoms with Gasteiger partial charge in [0.15, 0.2) is 17.8 Å². The van der Waals surface area contributed by atoms with Crippen molar-refractivity contribution >= 4 is 18.3 Å². The van der Waals surface area contributed by atoms with E-state index in [2.05, 4.69) is 13.8 Å². The van der Waals surface area contributed by atoms with E-state index in [1.807, 2.05) is 0 Å². The minimum atomic E-state index is -2.08. The van der Waals surface area contributed by atoms with Gasteiger partial charge in [-0.05, 0) is 19.8 Å². The molecule has 0 amide bonds. The molecule has 0 aromatic heterocycles. The van der Waals surface area contributed by atoms with Crippen LogP contribution in [0.4, 0.5) is 9.59 Å². The standard InChI is InChI=1S/C40H74O9/c1-4-6-8-10-12-14-16-18-20-22-24-26-28-30-32-45-38(42)47-34-35-36(40(3,44)37(41)48-35)49-39(43)46-33-31-29-27-25-23-21-19-17-15-13-11-9-7-5-2/h35-36,44H,4-34H2,1-3H3/t35-,36-,40+/m1/s1. The van der Waals surface area contributed by atoms with E-state index in [1.165, 1.54) is 148 Å². The van der Waals surface area contributed by atoms with Crippen LogP contribution in [-0.4, -0.2) is 61.0 Å². The third-order valence-corrected chi connectivity index (χ3v) is 9.59. The van der Waals surface area contributed by atoms with Gasteiger partial charge in [0.05, 0.1) is 13.2 Å². The fourth-order valence-corrected chi connectivity index (χ4v) is 6.34. The topological polar surface area (TPSA) is 118 Å². The molecule has 1 aliphatic heterocycles. The zero-order valence-electron chi connectivity index (χ0n) is 31.8. The molecule has 1 aliphatic rings. The highest BCUT2D eigenvalue weighted by Crippen LogP contribution is 2.29. The Morgan fingerprint density at radius 1 is 0.551 bits per heavy atom. The molecule has 0 aliphatic carbocycles. The van der Waals surface area contributed by atoms with Crippen LogP contribution in [0.1, 0.15) is 201 Å². The summed E-state index contributed by atoms with van der Waals surface area (Å²) in [5, 5.41) is 10.6. The van der Waals surface area contributed by atoms with Gasteiger partial charge in [0, 0.05) is 0 Å². The second kappa shape index (κ2) is 30.8. The summed E-state index contributed by atoms with van der Waals surface area (Å²) in [6.07, 6.45) is 30.2. The zero-order valence-corrected chi connectivity index (χ0v) is 31.8. The van der Waals surface area contributed by atoms with E-state index in [-0.39, 0.29) is 13.2 Å². The molecule has 0 aromatic carbocycles. The summed E-state index contributed by atoms with van der Waals surface area (Å²) in [5.74, 6) is -0.957. The largest absolute Gasteiger partial charge is 0.508 e. The molecule has 0 unspecified atom stereocenters. The molecule has 49 heavy (non-hydrogen) atoms. The molecule has 288 valence electrons. The number of esters is 1. The molecule has 0 aromatic rings. The van der Waals surface area contributed by atoms with Gasteiger partial charge in [-0.3, -0.25) is 0 Å². The van der Waals surface area contributed by atoms with Gasteiger partial charge < -0.3 is 28.8 Å². The van der Waals surface area contributed by atoms with Crippen LogP contribution in [0.25, 0.3) is 0 Å². The van der Waals surface area contributed by atoms with Crippen molar-refractivity contribution in [2.75, 3.05) is 19.8 Å². The Balaban J connectivity index is 2.07. The van der Waals surface area contributed by atoms with Crippen molar-refractivity contribution in [3.8, 4) is 0 Å². The quantitative estimate of drug-likeness (QED) is 0.0406. The zero-order chi connectivity index (χ0) is 35.8. The molecule has 0 saturated carbocycles. The minimum Gasteiger partial charge on any atom is -0.452 e. The van der Waals surface area contributed by atoms with Crippen molar-refractivity contribution in [3.05, 3.63) is 0 Å². The number of carbonyl (C=O) groups excluding carboxylic acids is 3. The first kappa shape index (κ1) is 45.0. The van der Waals surface area contributed by atoms with Gasteiger partial charge in [0.2, 0.25) is 0 Å². The molecule has 9 heteroatoms. The van der Waals surface area contributed by atoms with E-state index >= 15 is 0 Å². The van der Waals surface area contributed by atoms with Crippen LogP contribution in [0.5, 0.6) is 0 Å². The second-order valence-corrected chi connectivity index (χ2v) is 14.3. The molecule has 9 nitrogen and oxygen atoms in total. The molecule has 0 bridgehead atoms. The highest BCUT2D eigenvalue weighted by atomic mass is 16.8. The molecular weight excluding hydrogens is 624 g/mol. The number of rotatable bonds is 33. The molecule has 1 rings (SSSR count). The Labute approximate surface area is 299 Å². The third kappa shape index (κ3) is 23.9. The van der Waals surface area contributed by atoms with E-state index in [0.29, 0.717) is 6.42 Å². The Kier molecular flexibility index (Phi) is 28.2. The molecular formula is C40H74O9. The Morgan fingerprint density at radius 3 is 1.24 bits per heavy atom. The van der Waals surface area contributed by atoms with E-state index < -0.39 is 42.7 Å². The van der Waals surface area contributed by atoms with Gasteiger partial charge >= 0.3 is 18.3 Å². The number of cyclic esters (lactones) is 1. The van der Waals surface area contributed by atoms with Gasteiger partial charge in [-0.15, -0.1) is 0 Å².